The molecule has 2 aromatic rings. The van der Waals surface area contributed by atoms with Crippen molar-refractivity contribution in [3.63, 3.8) is 0 Å². The second-order valence-electron chi connectivity index (χ2n) is 4.25. The van der Waals surface area contributed by atoms with Gasteiger partial charge in [0, 0.05) is 14.7 Å². The molecule has 2 aromatic carbocycles. The first kappa shape index (κ1) is 14.5. The fraction of sp³-hybridized carbons (Fsp3) is 0.125. The first-order chi connectivity index (χ1) is 9.20. The van der Waals surface area contributed by atoms with E-state index in [0.717, 1.165) is 14.9 Å². The van der Waals surface area contributed by atoms with Gasteiger partial charge in [0.2, 0.25) is 0 Å². The fourth-order valence-corrected chi connectivity index (χ4v) is 3.23. The molecule has 1 atom stereocenters. The van der Waals surface area contributed by atoms with Crippen LogP contribution in [-0.4, -0.2) is 4.21 Å². The van der Waals surface area contributed by atoms with Crippen molar-refractivity contribution in [2.45, 2.75) is 16.2 Å². The minimum absolute atomic E-state index is 0.841. The van der Waals surface area contributed by atoms with E-state index >= 15 is 0 Å². The maximum Gasteiger partial charge on any atom is 0.0776 e. The van der Waals surface area contributed by atoms with E-state index < -0.39 is 10.8 Å². The van der Waals surface area contributed by atoms with Crippen molar-refractivity contribution in [3.05, 3.63) is 70.6 Å². The average Bonchev–Trinajstić information content (AvgIpc) is 2.45. The van der Waals surface area contributed by atoms with Crippen LogP contribution in [0.3, 0.4) is 0 Å². The molecule has 19 heavy (non-hydrogen) atoms. The second kappa shape index (κ2) is 7.01. The number of alkyl halides is 1. The summed E-state index contributed by atoms with van der Waals surface area (Å²) in [5.41, 5.74) is 3.58. The summed E-state index contributed by atoms with van der Waals surface area (Å²) in [6, 6.07) is 16.0. The molecule has 0 spiro atoms. The summed E-state index contributed by atoms with van der Waals surface area (Å²) in [6.07, 6.45) is 1.95. The predicted octanol–water partition coefficient (Wildman–Crippen LogP) is 4.71. The van der Waals surface area contributed by atoms with Gasteiger partial charge in [-0.15, -0.1) is 0 Å². The molecule has 0 aliphatic rings. The van der Waals surface area contributed by atoms with Gasteiger partial charge < -0.3 is 0 Å². The Labute approximate surface area is 130 Å². The summed E-state index contributed by atoms with van der Waals surface area (Å²) < 4.78 is 13.1. The van der Waals surface area contributed by atoms with Gasteiger partial charge in [0.25, 0.3) is 0 Å². The Morgan fingerprint density at radius 2 is 1.79 bits per heavy atom. The van der Waals surface area contributed by atoms with Crippen LogP contribution in [0.2, 0.25) is 0 Å². The van der Waals surface area contributed by atoms with E-state index in [4.69, 9.17) is 0 Å². The molecular formula is C16H15IOS. The zero-order valence-electron chi connectivity index (χ0n) is 10.7. The van der Waals surface area contributed by atoms with E-state index in [1.807, 2.05) is 49.4 Å². The van der Waals surface area contributed by atoms with Crippen LogP contribution in [-0.2, 0) is 15.2 Å². The van der Waals surface area contributed by atoms with Gasteiger partial charge in [0.15, 0.2) is 0 Å². The Morgan fingerprint density at radius 1 is 1.11 bits per heavy atom. The molecule has 0 amide bonds. The van der Waals surface area contributed by atoms with E-state index in [0.29, 0.717) is 0 Å². The topological polar surface area (TPSA) is 17.1 Å². The van der Waals surface area contributed by atoms with Crippen LogP contribution in [0.15, 0.2) is 58.8 Å². The quantitative estimate of drug-likeness (QED) is 0.553. The Kier molecular flexibility index (Phi) is 5.34. The van der Waals surface area contributed by atoms with Gasteiger partial charge in [-0.1, -0.05) is 64.6 Å². The molecule has 1 nitrogen and oxygen atoms in total. The SMILES string of the molecule is Cc1ccc(S(=O)/C=C/c2ccccc2CI)cc1. The van der Waals surface area contributed by atoms with E-state index in [1.54, 1.807) is 5.41 Å². The molecule has 0 fully saturated rings. The molecule has 1 unspecified atom stereocenters. The van der Waals surface area contributed by atoms with Crippen LogP contribution < -0.4 is 0 Å². The van der Waals surface area contributed by atoms with Gasteiger partial charge >= 0.3 is 0 Å². The highest BCUT2D eigenvalue weighted by Crippen LogP contribution is 2.16. The van der Waals surface area contributed by atoms with Crippen molar-refractivity contribution in [2.75, 3.05) is 0 Å². The molecule has 0 aliphatic carbocycles. The largest absolute Gasteiger partial charge is 0.250 e. The van der Waals surface area contributed by atoms with Gasteiger partial charge in [0.1, 0.15) is 0 Å². The molecule has 0 bridgehead atoms. The van der Waals surface area contributed by atoms with Crippen molar-refractivity contribution in [1.29, 1.82) is 0 Å². The summed E-state index contributed by atoms with van der Waals surface area (Å²) in [5, 5.41) is 1.76. The van der Waals surface area contributed by atoms with Gasteiger partial charge in [-0.2, -0.15) is 0 Å². The van der Waals surface area contributed by atoms with Crippen molar-refractivity contribution in [1.82, 2.24) is 0 Å². The van der Waals surface area contributed by atoms with E-state index in [2.05, 4.69) is 34.7 Å². The molecule has 3 heteroatoms. The first-order valence-corrected chi connectivity index (χ1v) is 8.74. The van der Waals surface area contributed by atoms with Crippen molar-refractivity contribution < 1.29 is 4.21 Å². The highest BCUT2D eigenvalue weighted by atomic mass is 127. The standard InChI is InChI=1S/C16H15IOS/c1-13-6-8-16(9-7-13)19(18)11-10-14-4-2-3-5-15(14)12-17/h2-11H,12H2,1H3/b11-10+. The molecule has 0 radical (unpaired) electrons. The highest BCUT2D eigenvalue weighted by Gasteiger charge is 2.00. The van der Waals surface area contributed by atoms with E-state index in [9.17, 15) is 4.21 Å². The van der Waals surface area contributed by atoms with Crippen molar-refractivity contribution >= 4 is 39.5 Å². The lowest BCUT2D eigenvalue weighted by Crippen LogP contribution is -1.87. The second-order valence-corrected chi connectivity index (χ2v) is 6.35. The summed E-state index contributed by atoms with van der Waals surface area (Å²) in [7, 11) is -1.09. The first-order valence-electron chi connectivity index (χ1n) is 6.00. The molecular weight excluding hydrogens is 367 g/mol. The van der Waals surface area contributed by atoms with Gasteiger partial charge in [0.05, 0.1) is 10.8 Å². The summed E-state index contributed by atoms with van der Waals surface area (Å²) >= 11 is 2.34. The molecule has 0 N–H and O–H groups in total. The molecule has 0 aliphatic heterocycles. The summed E-state index contributed by atoms with van der Waals surface area (Å²) in [5.74, 6) is 0. The lowest BCUT2D eigenvalue weighted by atomic mass is 10.1. The summed E-state index contributed by atoms with van der Waals surface area (Å²) in [4.78, 5) is 0.841. The van der Waals surface area contributed by atoms with Crippen molar-refractivity contribution in [3.8, 4) is 0 Å². The van der Waals surface area contributed by atoms with Gasteiger partial charge in [-0.3, -0.25) is 0 Å². The number of rotatable bonds is 4. The summed E-state index contributed by atoms with van der Waals surface area (Å²) in [6.45, 7) is 2.03. The van der Waals surface area contributed by atoms with Crippen LogP contribution in [0.25, 0.3) is 6.08 Å². The number of hydrogen-bond donors (Lipinski definition) is 0. The monoisotopic (exact) mass is 382 g/mol. The Balaban J connectivity index is 2.18. The normalized spacial score (nSPS) is 12.7. The number of hydrogen-bond acceptors (Lipinski definition) is 1. The average molecular weight is 382 g/mol. The number of aryl methyl sites for hydroxylation is 1. The Morgan fingerprint density at radius 3 is 2.47 bits per heavy atom. The third-order valence-electron chi connectivity index (χ3n) is 2.82. The van der Waals surface area contributed by atoms with E-state index in [-0.39, 0.29) is 0 Å². The Bertz CT molecular complexity index is 602. The number of benzene rings is 2. The Hall–Kier alpha value is -0.940. The molecule has 0 aromatic heterocycles. The predicted molar refractivity (Wildman–Crippen MR) is 90.8 cm³/mol. The smallest absolute Gasteiger partial charge is 0.0776 e. The molecule has 0 saturated carbocycles. The minimum atomic E-state index is -1.09. The van der Waals surface area contributed by atoms with Crippen molar-refractivity contribution in [2.24, 2.45) is 0 Å². The van der Waals surface area contributed by atoms with E-state index in [1.165, 1.54) is 11.1 Å². The van der Waals surface area contributed by atoms with Crippen LogP contribution >= 0.6 is 22.6 Å². The third kappa shape index (κ3) is 4.01. The molecule has 0 heterocycles. The lowest BCUT2D eigenvalue weighted by Gasteiger charge is -2.01. The van der Waals surface area contributed by atoms with Crippen LogP contribution in [0.4, 0.5) is 0 Å². The van der Waals surface area contributed by atoms with Crippen LogP contribution in [0.1, 0.15) is 16.7 Å². The minimum Gasteiger partial charge on any atom is -0.250 e. The fourth-order valence-electron chi connectivity index (χ4n) is 1.70. The van der Waals surface area contributed by atoms with Gasteiger partial charge in [-0.25, -0.2) is 4.21 Å². The third-order valence-corrected chi connectivity index (χ3v) is 4.77. The van der Waals surface area contributed by atoms with Crippen LogP contribution in [0.5, 0.6) is 0 Å². The molecule has 0 saturated heterocycles. The lowest BCUT2D eigenvalue weighted by molar-refractivity contribution is 0.688. The maximum atomic E-state index is 12.2. The van der Waals surface area contributed by atoms with Gasteiger partial charge in [-0.05, 0) is 36.3 Å². The zero-order valence-corrected chi connectivity index (χ0v) is 13.6. The maximum absolute atomic E-state index is 12.2. The van der Waals surface area contributed by atoms with Crippen LogP contribution in [0, 0.1) is 6.92 Å². The number of halogens is 1. The molecule has 98 valence electrons. The molecule has 2 rings (SSSR count). The highest BCUT2D eigenvalue weighted by molar-refractivity contribution is 14.1. The zero-order chi connectivity index (χ0) is 13.7.